The monoisotopic (exact) mass is 185 g/mol. The molecule has 0 bridgehead atoms. The molecule has 0 atom stereocenters. The third-order valence-electron chi connectivity index (χ3n) is 1.40. The zero-order valence-electron chi connectivity index (χ0n) is 8.00. The lowest BCUT2D eigenvalue weighted by molar-refractivity contribution is -0.135. The zero-order valence-corrected chi connectivity index (χ0v) is 8.00. The molecule has 1 amide bonds. The van der Waals surface area contributed by atoms with E-state index in [-0.39, 0.29) is 5.91 Å². The second-order valence-corrected chi connectivity index (χ2v) is 2.50. The highest BCUT2D eigenvalue weighted by Gasteiger charge is 1.95. The molecule has 0 aromatic rings. The number of methoxy groups -OCH3 is 1. The van der Waals surface area contributed by atoms with Crippen molar-refractivity contribution in [3.63, 3.8) is 0 Å². The van der Waals surface area contributed by atoms with Crippen LogP contribution in [-0.4, -0.2) is 25.5 Å². The van der Waals surface area contributed by atoms with Gasteiger partial charge in [0.2, 0.25) is 5.91 Å². The van der Waals surface area contributed by atoms with Crippen LogP contribution in [0.5, 0.6) is 0 Å². The summed E-state index contributed by atoms with van der Waals surface area (Å²) in [7, 11) is 1.27. The predicted molar refractivity (Wildman–Crippen MR) is 49.1 cm³/mol. The molecule has 0 radical (unpaired) electrons. The molecule has 4 nitrogen and oxygen atoms in total. The number of nitrogens with one attached hydrogen (secondary N) is 1. The summed E-state index contributed by atoms with van der Waals surface area (Å²) in [5.41, 5.74) is 0. The predicted octanol–water partition coefficient (Wildman–Crippen LogP) is 0.632. The summed E-state index contributed by atoms with van der Waals surface area (Å²) in [6.07, 6.45) is 4.24. The Labute approximate surface area is 78.0 Å². The van der Waals surface area contributed by atoms with Crippen LogP contribution in [0, 0.1) is 0 Å². The minimum Gasteiger partial charge on any atom is -0.466 e. The van der Waals surface area contributed by atoms with Gasteiger partial charge in [-0.3, -0.25) is 4.79 Å². The van der Waals surface area contributed by atoms with Crippen LogP contribution >= 0.6 is 0 Å². The quantitative estimate of drug-likeness (QED) is 0.388. The number of rotatable bonds is 5. The Bertz CT molecular complexity index is 199. The highest BCUT2D eigenvalue weighted by atomic mass is 16.5. The van der Waals surface area contributed by atoms with Crippen LogP contribution in [0.4, 0.5) is 0 Å². The highest BCUT2D eigenvalue weighted by Crippen LogP contribution is 1.83. The molecule has 0 rings (SSSR count). The second-order valence-electron chi connectivity index (χ2n) is 2.50. The van der Waals surface area contributed by atoms with Crippen molar-refractivity contribution in [2.75, 3.05) is 13.7 Å². The van der Waals surface area contributed by atoms with Crippen LogP contribution in [0.15, 0.2) is 12.2 Å². The van der Waals surface area contributed by atoms with E-state index in [0.717, 1.165) is 18.9 Å². The third kappa shape index (κ3) is 7.05. The lowest BCUT2D eigenvalue weighted by Crippen LogP contribution is -2.22. The largest absolute Gasteiger partial charge is 0.466 e. The summed E-state index contributed by atoms with van der Waals surface area (Å²) < 4.78 is 4.32. The van der Waals surface area contributed by atoms with E-state index < -0.39 is 5.97 Å². The van der Waals surface area contributed by atoms with Crippen molar-refractivity contribution in [1.82, 2.24) is 5.32 Å². The fraction of sp³-hybridized carbons (Fsp3) is 0.556. The summed E-state index contributed by atoms with van der Waals surface area (Å²) >= 11 is 0. The van der Waals surface area contributed by atoms with E-state index in [2.05, 4.69) is 10.1 Å². The average molecular weight is 185 g/mol. The van der Waals surface area contributed by atoms with Gasteiger partial charge in [-0.1, -0.05) is 13.3 Å². The van der Waals surface area contributed by atoms with E-state index in [1.807, 2.05) is 6.92 Å². The first kappa shape index (κ1) is 11.7. The van der Waals surface area contributed by atoms with Gasteiger partial charge in [-0.15, -0.1) is 0 Å². The van der Waals surface area contributed by atoms with Gasteiger partial charge in [0.05, 0.1) is 7.11 Å². The molecule has 1 N–H and O–H groups in total. The highest BCUT2D eigenvalue weighted by molar-refractivity contribution is 5.94. The summed E-state index contributed by atoms with van der Waals surface area (Å²) in [5, 5.41) is 2.63. The van der Waals surface area contributed by atoms with E-state index in [0.29, 0.717) is 6.54 Å². The first-order valence-electron chi connectivity index (χ1n) is 4.24. The zero-order chi connectivity index (χ0) is 10.1. The Morgan fingerprint density at radius 1 is 1.38 bits per heavy atom. The molecule has 0 aliphatic carbocycles. The second kappa shape index (κ2) is 7.34. The maximum Gasteiger partial charge on any atom is 0.330 e. The minimum atomic E-state index is -0.523. The van der Waals surface area contributed by atoms with Gasteiger partial charge in [0.1, 0.15) is 0 Å². The van der Waals surface area contributed by atoms with Crippen molar-refractivity contribution in [3.8, 4) is 0 Å². The van der Waals surface area contributed by atoms with Gasteiger partial charge in [-0.25, -0.2) is 4.79 Å². The number of carbonyl (C=O) groups excluding carboxylic acids is 2. The SMILES string of the molecule is CCCCNC(=O)/C=C/C(=O)OC. The number of carbonyl (C=O) groups is 2. The van der Waals surface area contributed by atoms with E-state index in [1.54, 1.807) is 0 Å². The maximum atomic E-state index is 10.9. The Hall–Kier alpha value is -1.32. The molecule has 0 aromatic carbocycles. The average Bonchev–Trinajstić information content (AvgIpc) is 2.14. The normalized spacial score (nSPS) is 10.0. The van der Waals surface area contributed by atoms with Gasteiger partial charge in [-0.05, 0) is 6.42 Å². The first-order chi connectivity index (χ1) is 6.20. The Morgan fingerprint density at radius 2 is 2.08 bits per heavy atom. The number of ether oxygens (including phenoxy) is 1. The Kier molecular flexibility index (Phi) is 6.59. The number of esters is 1. The van der Waals surface area contributed by atoms with Crippen molar-refractivity contribution in [1.29, 1.82) is 0 Å². The number of hydrogen-bond acceptors (Lipinski definition) is 3. The molecular weight excluding hydrogens is 170 g/mol. The van der Waals surface area contributed by atoms with E-state index >= 15 is 0 Å². The van der Waals surface area contributed by atoms with Crippen molar-refractivity contribution in [3.05, 3.63) is 12.2 Å². The van der Waals surface area contributed by atoms with Crippen molar-refractivity contribution >= 4 is 11.9 Å². The van der Waals surface area contributed by atoms with E-state index in [4.69, 9.17) is 0 Å². The lowest BCUT2D eigenvalue weighted by Gasteiger charge is -1.98. The van der Waals surface area contributed by atoms with Gasteiger partial charge < -0.3 is 10.1 Å². The molecule has 0 unspecified atom stereocenters. The standard InChI is InChI=1S/C9H15NO3/c1-3-4-7-10-8(11)5-6-9(12)13-2/h5-6H,3-4,7H2,1-2H3,(H,10,11)/b6-5+. The summed E-state index contributed by atoms with van der Waals surface area (Å²) in [6, 6.07) is 0. The Morgan fingerprint density at radius 3 is 2.62 bits per heavy atom. The molecular formula is C9H15NO3. The van der Waals surface area contributed by atoms with Gasteiger partial charge in [-0.2, -0.15) is 0 Å². The van der Waals surface area contributed by atoms with E-state index in [1.165, 1.54) is 13.2 Å². The first-order valence-corrected chi connectivity index (χ1v) is 4.24. The smallest absolute Gasteiger partial charge is 0.330 e. The lowest BCUT2D eigenvalue weighted by atomic mass is 10.3. The molecule has 13 heavy (non-hydrogen) atoms. The third-order valence-corrected chi connectivity index (χ3v) is 1.40. The fourth-order valence-electron chi connectivity index (χ4n) is 0.659. The molecule has 0 aliphatic heterocycles. The summed E-state index contributed by atoms with van der Waals surface area (Å²) in [5.74, 6) is -0.788. The minimum absolute atomic E-state index is 0.265. The van der Waals surface area contributed by atoms with Gasteiger partial charge >= 0.3 is 5.97 Å². The molecule has 0 aromatic heterocycles. The summed E-state index contributed by atoms with van der Waals surface area (Å²) in [6.45, 7) is 2.68. The maximum absolute atomic E-state index is 10.9. The van der Waals surface area contributed by atoms with Crippen molar-refractivity contribution in [2.45, 2.75) is 19.8 Å². The van der Waals surface area contributed by atoms with Crippen LogP contribution in [0.3, 0.4) is 0 Å². The molecule has 0 heterocycles. The molecule has 0 aliphatic rings. The van der Waals surface area contributed by atoms with Crippen molar-refractivity contribution < 1.29 is 14.3 Å². The van der Waals surface area contributed by atoms with Crippen molar-refractivity contribution in [2.24, 2.45) is 0 Å². The number of unbranched alkanes of at least 4 members (excludes halogenated alkanes) is 1. The van der Waals surface area contributed by atoms with Gasteiger partial charge in [0, 0.05) is 18.7 Å². The van der Waals surface area contributed by atoms with Crippen LogP contribution < -0.4 is 5.32 Å². The van der Waals surface area contributed by atoms with Crippen LogP contribution in [0.2, 0.25) is 0 Å². The van der Waals surface area contributed by atoms with E-state index in [9.17, 15) is 9.59 Å². The molecule has 0 spiro atoms. The molecule has 0 saturated heterocycles. The topological polar surface area (TPSA) is 55.4 Å². The molecule has 4 heteroatoms. The number of amides is 1. The molecule has 0 saturated carbocycles. The Balaban J connectivity index is 3.61. The fourth-order valence-corrected chi connectivity index (χ4v) is 0.659. The molecule has 74 valence electrons. The van der Waals surface area contributed by atoms with Gasteiger partial charge in [0.25, 0.3) is 0 Å². The summed E-state index contributed by atoms with van der Waals surface area (Å²) in [4.78, 5) is 21.5. The van der Waals surface area contributed by atoms with Crippen LogP contribution in [-0.2, 0) is 14.3 Å². The van der Waals surface area contributed by atoms with Crippen LogP contribution in [0.25, 0.3) is 0 Å². The van der Waals surface area contributed by atoms with Crippen LogP contribution in [0.1, 0.15) is 19.8 Å². The van der Waals surface area contributed by atoms with Gasteiger partial charge in [0.15, 0.2) is 0 Å². The number of hydrogen-bond donors (Lipinski definition) is 1. The molecule has 0 fully saturated rings.